The molecular formula is C19H28N2O. The Morgan fingerprint density at radius 2 is 1.91 bits per heavy atom. The van der Waals surface area contributed by atoms with Gasteiger partial charge in [0.05, 0.1) is 6.10 Å². The molecule has 2 heterocycles. The lowest BCUT2D eigenvalue weighted by Gasteiger charge is -2.08. The second-order valence-corrected chi connectivity index (χ2v) is 6.91. The molecule has 1 aliphatic rings. The fourth-order valence-electron chi connectivity index (χ4n) is 3.79. The number of rotatable bonds is 5. The van der Waals surface area contributed by atoms with Crippen LogP contribution in [0.25, 0.3) is 10.9 Å². The van der Waals surface area contributed by atoms with E-state index in [9.17, 15) is 5.11 Å². The smallest absolute Gasteiger partial charge is 0.0515 e. The van der Waals surface area contributed by atoms with Gasteiger partial charge < -0.3 is 9.67 Å². The van der Waals surface area contributed by atoms with E-state index < -0.39 is 0 Å². The highest BCUT2D eigenvalue weighted by Crippen LogP contribution is 2.33. The predicted octanol–water partition coefficient (Wildman–Crippen LogP) is 3.62. The Hall–Kier alpha value is -1.32. The van der Waals surface area contributed by atoms with Gasteiger partial charge in [0, 0.05) is 36.2 Å². The number of aromatic nitrogens is 1. The van der Waals surface area contributed by atoms with Crippen LogP contribution < -0.4 is 0 Å². The molecule has 0 aliphatic carbocycles. The second kappa shape index (κ2) is 6.05. The van der Waals surface area contributed by atoms with Gasteiger partial charge in [-0.05, 0) is 69.0 Å². The zero-order valence-corrected chi connectivity index (χ0v) is 14.3. The van der Waals surface area contributed by atoms with Gasteiger partial charge in [-0.2, -0.15) is 0 Å². The lowest BCUT2D eigenvalue weighted by atomic mass is 10.0. The van der Waals surface area contributed by atoms with Crippen LogP contribution in [0.4, 0.5) is 0 Å². The van der Waals surface area contributed by atoms with Gasteiger partial charge in [-0.3, -0.25) is 4.90 Å². The van der Waals surface area contributed by atoms with Gasteiger partial charge in [0.15, 0.2) is 0 Å². The van der Waals surface area contributed by atoms with Crippen LogP contribution in [0.2, 0.25) is 0 Å². The van der Waals surface area contributed by atoms with Crippen molar-refractivity contribution >= 4 is 10.9 Å². The van der Waals surface area contributed by atoms with Gasteiger partial charge >= 0.3 is 0 Å². The summed E-state index contributed by atoms with van der Waals surface area (Å²) in [5, 5.41) is 11.1. The summed E-state index contributed by atoms with van der Waals surface area (Å²) in [5.74, 6) is 0. The second-order valence-electron chi connectivity index (χ2n) is 6.91. The molecule has 1 unspecified atom stereocenters. The Morgan fingerprint density at radius 3 is 2.55 bits per heavy atom. The lowest BCUT2D eigenvalue weighted by Crippen LogP contribution is -2.07. The molecule has 22 heavy (non-hydrogen) atoms. The fraction of sp³-hybridized carbons (Fsp3) is 0.579. The minimum absolute atomic E-state index is 0.232. The summed E-state index contributed by atoms with van der Waals surface area (Å²) in [5.41, 5.74) is 7.15. The molecule has 3 rings (SSSR count). The molecule has 1 aromatic carbocycles. The molecule has 0 amide bonds. The van der Waals surface area contributed by atoms with Crippen molar-refractivity contribution in [2.75, 3.05) is 7.05 Å². The number of hydrogen-bond donors (Lipinski definition) is 1. The van der Waals surface area contributed by atoms with Crippen molar-refractivity contribution in [2.24, 2.45) is 0 Å². The van der Waals surface area contributed by atoms with Crippen molar-refractivity contribution in [3.8, 4) is 0 Å². The molecule has 1 N–H and O–H groups in total. The van der Waals surface area contributed by atoms with Gasteiger partial charge in [-0.15, -0.1) is 0 Å². The Labute approximate surface area is 133 Å². The Morgan fingerprint density at radius 1 is 1.23 bits per heavy atom. The maximum absolute atomic E-state index is 9.66. The first-order chi connectivity index (χ1) is 10.5. The molecule has 3 nitrogen and oxygen atoms in total. The van der Waals surface area contributed by atoms with E-state index in [1.807, 2.05) is 6.92 Å². The first-order valence-electron chi connectivity index (χ1n) is 8.51. The summed E-state index contributed by atoms with van der Waals surface area (Å²) in [6.45, 7) is 9.55. The van der Waals surface area contributed by atoms with Crippen LogP contribution in [0.5, 0.6) is 0 Å². The number of benzene rings is 1. The Kier molecular flexibility index (Phi) is 4.28. The third-order valence-corrected chi connectivity index (χ3v) is 4.92. The van der Waals surface area contributed by atoms with E-state index in [-0.39, 0.29) is 6.10 Å². The Bertz CT molecular complexity index is 685. The summed E-state index contributed by atoms with van der Waals surface area (Å²) in [4.78, 5) is 2.37. The molecule has 0 fully saturated rings. The minimum atomic E-state index is -0.232. The zero-order chi connectivity index (χ0) is 15.9. The van der Waals surface area contributed by atoms with Crippen LogP contribution in [0, 0.1) is 6.92 Å². The summed E-state index contributed by atoms with van der Waals surface area (Å²) < 4.78 is 2.48. The third kappa shape index (κ3) is 2.68. The minimum Gasteiger partial charge on any atom is -0.393 e. The quantitative estimate of drug-likeness (QED) is 0.913. The van der Waals surface area contributed by atoms with E-state index in [0.717, 1.165) is 38.9 Å². The first kappa shape index (κ1) is 15.6. The van der Waals surface area contributed by atoms with Crippen LogP contribution in [-0.4, -0.2) is 27.7 Å². The van der Waals surface area contributed by atoms with E-state index in [2.05, 4.69) is 42.5 Å². The molecule has 2 aromatic rings. The first-order valence-corrected chi connectivity index (χ1v) is 8.51. The molecule has 1 atom stereocenters. The summed E-state index contributed by atoms with van der Waals surface area (Å²) in [7, 11) is 2.18. The standard InChI is InChI=1S/C19H28N2O/c1-5-8-21-14(3)17(7-6-13(2)22)18-9-15-11-20(4)12-16(15)10-19(18)21/h9-10,13,22H,5-8,11-12H2,1-4H3. The molecular weight excluding hydrogens is 272 g/mol. The van der Waals surface area contributed by atoms with Gasteiger partial charge in [0.1, 0.15) is 0 Å². The average molecular weight is 300 g/mol. The molecule has 0 saturated carbocycles. The number of nitrogens with zero attached hydrogens (tertiary/aromatic N) is 2. The number of aliphatic hydroxyl groups is 1. The third-order valence-electron chi connectivity index (χ3n) is 4.92. The van der Waals surface area contributed by atoms with E-state index in [1.165, 1.54) is 33.3 Å². The van der Waals surface area contributed by atoms with E-state index >= 15 is 0 Å². The maximum Gasteiger partial charge on any atom is 0.0515 e. The summed E-state index contributed by atoms with van der Waals surface area (Å²) >= 11 is 0. The van der Waals surface area contributed by atoms with Crippen molar-refractivity contribution < 1.29 is 5.11 Å². The molecule has 0 radical (unpaired) electrons. The van der Waals surface area contributed by atoms with Crippen LogP contribution in [-0.2, 0) is 26.1 Å². The predicted molar refractivity (Wildman–Crippen MR) is 92.1 cm³/mol. The highest BCUT2D eigenvalue weighted by molar-refractivity contribution is 5.87. The van der Waals surface area contributed by atoms with E-state index in [0.29, 0.717) is 0 Å². The van der Waals surface area contributed by atoms with Gasteiger partial charge in [0.25, 0.3) is 0 Å². The molecule has 0 saturated heterocycles. The molecule has 120 valence electrons. The zero-order valence-electron chi connectivity index (χ0n) is 14.3. The van der Waals surface area contributed by atoms with Crippen LogP contribution in [0.3, 0.4) is 0 Å². The van der Waals surface area contributed by atoms with Gasteiger partial charge in [-0.1, -0.05) is 6.92 Å². The maximum atomic E-state index is 9.66. The van der Waals surface area contributed by atoms with Gasteiger partial charge in [0.2, 0.25) is 0 Å². The van der Waals surface area contributed by atoms with E-state index in [1.54, 1.807) is 0 Å². The largest absolute Gasteiger partial charge is 0.393 e. The van der Waals surface area contributed by atoms with Crippen molar-refractivity contribution in [2.45, 2.75) is 65.8 Å². The molecule has 0 spiro atoms. The fourth-order valence-corrected chi connectivity index (χ4v) is 3.79. The summed E-state index contributed by atoms with van der Waals surface area (Å²) in [6, 6.07) is 4.81. The highest BCUT2D eigenvalue weighted by Gasteiger charge is 2.21. The SMILES string of the molecule is CCCn1c(C)c(CCC(C)O)c2cc3c(cc21)CN(C)C3. The topological polar surface area (TPSA) is 28.4 Å². The number of hydrogen-bond acceptors (Lipinski definition) is 2. The van der Waals surface area contributed by atoms with Crippen LogP contribution >= 0.6 is 0 Å². The molecule has 3 heteroatoms. The van der Waals surface area contributed by atoms with Crippen LogP contribution in [0.1, 0.15) is 49.1 Å². The van der Waals surface area contributed by atoms with Crippen LogP contribution in [0.15, 0.2) is 12.1 Å². The number of aliphatic hydroxyl groups excluding tert-OH is 1. The molecule has 0 bridgehead atoms. The monoisotopic (exact) mass is 300 g/mol. The van der Waals surface area contributed by atoms with Crippen molar-refractivity contribution in [1.82, 2.24) is 9.47 Å². The average Bonchev–Trinajstić information content (AvgIpc) is 2.93. The van der Waals surface area contributed by atoms with Crippen molar-refractivity contribution in [3.05, 3.63) is 34.5 Å². The Balaban J connectivity index is 2.12. The highest BCUT2D eigenvalue weighted by atomic mass is 16.3. The normalized spacial score (nSPS) is 16.4. The van der Waals surface area contributed by atoms with E-state index in [4.69, 9.17) is 0 Å². The molecule has 1 aromatic heterocycles. The van der Waals surface area contributed by atoms with Crippen molar-refractivity contribution in [3.63, 3.8) is 0 Å². The number of aryl methyl sites for hydroxylation is 2. The van der Waals surface area contributed by atoms with Crippen molar-refractivity contribution in [1.29, 1.82) is 0 Å². The lowest BCUT2D eigenvalue weighted by molar-refractivity contribution is 0.185. The van der Waals surface area contributed by atoms with Gasteiger partial charge in [-0.25, -0.2) is 0 Å². The summed E-state index contributed by atoms with van der Waals surface area (Å²) in [6.07, 6.45) is 2.72. The molecule has 1 aliphatic heterocycles. The number of fused-ring (bicyclic) bond motifs is 2.